The molecule has 11 heteroatoms. The van der Waals surface area contributed by atoms with Crippen molar-refractivity contribution in [3.05, 3.63) is 0 Å². The van der Waals surface area contributed by atoms with Gasteiger partial charge in [0.05, 0.1) is 19.6 Å². The third-order valence-corrected chi connectivity index (χ3v) is 6.05. The summed E-state index contributed by atoms with van der Waals surface area (Å²) in [6.07, 6.45) is 6.58. The van der Waals surface area contributed by atoms with E-state index in [1.54, 1.807) is 0 Å². The average molecular weight is 526 g/mol. The van der Waals surface area contributed by atoms with Crippen molar-refractivity contribution in [3.63, 3.8) is 0 Å². The molecule has 0 amide bonds. The normalized spacial score (nSPS) is 13.2. The molecule has 0 aromatic rings. The summed E-state index contributed by atoms with van der Waals surface area (Å²) in [5.74, 6) is -1.74. The molecular weight excluding hydrogens is 481 g/mol. The number of rotatable bonds is 16. The Hall–Kier alpha value is 0.1000. The number of nitrogens with one attached hydrogen (secondary N) is 1. The molecule has 0 saturated heterocycles. The van der Waals surface area contributed by atoms with Crippen LogP contribution in [0.3, 0.4) is 0 Å². The first-order chi connectivity index (χ1) is 14.6. The van der Waals surface area contributed by atoms with Crippen LogP contribution in [0.25, 0.3) is 0 Å². The summed E-state index contributed by atoms with van der Waals surface area (Å²) in [4.78, 5) is 24.1. The van der Waals surface area contributed by atoms with Gasteiger partial charge in [0, 0.05) is 0 Å². The molecule has 0 spiro atoms. The van der Waals surface area contributed by atoms with Crippen molar-refractivity contribution >= 4 is 34.5 Å². The molecule has 0 heterocycles. The number of ether oxygens (including phenoxy) is 2. The Morgan fingerprint density at radius 2 is 1.27 bits per heavy atom. The minimum absolute atomic E-state index is 0. The standard InChI is InChI=1S/C20H38O7S.C2H7N.ClH.Na/c1-5-9-11-16(7-3)14-26-19(21)13-18(28(23,24)25)20(22)27-15-17(8-4)12-10-6-2;1-3-2;;/h16-18H,5-15H2,1-4H3,(H,23,24,25);3H,1-2H3;1H;/q;;;+1/p-1. The number of carbonyl (C=O) groups excluding carboxylic acids is 2. The molecule has 3 unspecified atom stereocenters. The summed E-state index contributed by atoms with van der Waals surface area (Å²) in [6.45, 7) is 8.26. The van der Waals surface area contributed by atoms with Crippen LogP contribution >= 0.6 is 12.4 Å². The van der Waals surface area contributed by atoms with Gasteiger partial charge in [-0.25, -0.2) is 8.42 Å². The monoisotopic (exact) mass is 525 g/mol. The van der Waals surface area contributed by atoms with Crippen molar-refractivity contribution in [1.82, 2.24) is 5.32 Å². The van der Waals surface area contributed by atoms with Crippen molar-refractivity contribution in [2.45, 2.75) is 90.7 Å². The third kappa shape index (κ3) is 22.3. The van der Waals surface area contributed by atoms with Crippen LogP contribution in [0, 0.1) is 11.8 Å². The molecule has 0 fully saturated rings. The van der Waals surface area contributed by atoms with Gasteiger partial charge in [0.1, 0.15) is 10.1 Å². The fourth-order valence-corrected chi connectivity index (χ4v) is 3.46. The Bertz CT molecular complexity index is 579. The van der Waals surface area contributed by atoms with E-state index in [0.717, 1.165) is 51.4 Å². The van der Waals surface area contributed by atoms with Gasteiger partial charge in [0.25, 0.3) is 0 Å². The smallest absolute Gasteiger partial charge is 0.747 e. The molecule has 33 heavy (non-hydrogen) atoms. The maximum absolute atomic E-state index is 12.1. The molecule has 194 valence electrons. The zero-order chi connectivity index (χ0) is 24.3. The van der Waals surface area contributed by atoms with Crippen LogP contribution < -0.4 is 34.9 Å². The van der Waals surface area contributed by atoms with E-state index >= 15 is 0 Å². The van der Waals surface area contributed by atoms with Gasteiger partial charge in [-0.15, -0.1) is 12.4 Å². The fourth-order valence-electron chi connectivity index (χ4n) is 2.81. The van der Waals surface area contributed by atoms with Gasteiger partial charge in [-0.2, -0.15) is 0 Å². The molecule has 0 aromatic carbocycles. The van der Waals surface area contributed by atoms with E-state index in [4.69, 9.17) is 9.47 Å². The van der Waals surface area contributed by atoms with Gasteiger partial charge < -0.3 is 19.3 Å². The van der Waals surface area contributed by atoms with Crippen LogP contribution in [0.1, 0.15) is 85.5 Å². The molecule has 8 nitrogen and oxygen atoms in total. The molecular formula is C22H45ClNNaO7S. The summed E-state index contributed by atoms with van der Waals surface area (Å²) < 4.78 is 44.6. The van der Waals surface area contributed by atoms with Crippen LogP contribution in [0.15, 0.2) is 0 Å². The van der Waals surface area contributed by atoms with Gasteiger partial charge in [0.15, 0.2) is 5.25 Å². The van der Waals surface area contributed by atoms with Crippen molar-refractivity contribution in [1.29, 1.82) is 0 Å². The minimum atomic E-state index is -5.01. The second kappa shape index (κ2) is 25.2. The van der Waals surface area contributed by atoms with Crippen molar-refractivity contribution in [2.75, 3.05) is 27.3 Å². The van der Waals surface area contributed by atoms with Gasteiger partial charge in [0.2, 0.25) is 0 Å². The molecule has 3 atom stereocenters. The molecule has 0 bridgehead atoms. The number of halogens is 1. The molecule has 0 aliphatic carbocycles. The van der Waals surface area contributed by atoms with Crippen LogP contribution in [0.2, 0.25) is 0 Å². The average Bonchev–Trinajstić information content (AvgIpc) is 2.71. The Balaban J connectivity index is -0.000000793. The third-order valence-electron chi connectivity index (χ3n) is 4.99. The van der Waals surface area contributed by atoms with Crippen molar-refractivity contribution < 1.29 is 61.6 Å². The van der Waals surface area contributed by atoms with E-state index in [9.17, 15) is 22.6 Å². The molecule has 0 radical (unpaired) electrons. The molecule has 1 N–H and O–H groups in total. The van der Waals surface area contributed by atoms with Crippen molar-refractivity contribution in [3.8, 4) is 0 Å². The zero-order valence-corrected chi connectivity index (χ0v) is 25.3. The molecule has 0 saturated carbocycles. The molecule has 0 aliphatic heterocycles. The number of carbonyl (C=O) groups is 2. The molecule has 0 aromatic heterocycles. The summed E-state index contributed by atoms with van der Waals surface area (Å²) >= 11 is 0. The predicted molar refractivity (Wildman–Crippen MR) is 129 cm³/mol. The van der Waals surface area contributed by atoms with E-state index in [-0.39, 0.29) is 67.0 Å². The van der Waals surface area contributed by atoms with Gasteiger partial charge in [-0.3, -0.25) is 9.59 Å². The Kier molecular flexibility index (Phi) is 30.8. The van der Waals surface area contributed by atoms with Gasteiger partial charge >= 0.3 is 41.5 Å². The number of hydrogen-bond donors (Lipinski definition) is 1. The van der Waals surface area contributed by atoms with Crippen LogP contribution in [-0.4, -0.2) is 57.5 Å². The maximum Gasteiger partial charge on any atom is 1.00 e. The number of esters is 2. The summed E-state index contributed by atoms with van der Waals surface area (Å²) in [5, 5.41) is 0.694. The summed E-state index contributed by atoms with van der Waals surface area (Å²) in [5.41, 5.74) is 0. The second-order valence-corrected chi connectivity index (χ2v) is 9.39. The van der Waals surface area contributed by atoms with Crippen LogP contribution in [0.5, 0.6) is 0 Å². The Labute approximate surface area is 230 Å². The second-order valence-electron chi connectivity index (χ2n) is 7.83. The topological polar surface area (TPSA) is 122 Å². The van der Waals surface area contributed by atoms with Crippen molar-refractivity contribution in [2.24, 2.45) is 11.8 Å². The van der Waals surface area contributed by atoms with E-state index < -0.39 is 33.7 Å². The Morgan fingerprint density at radius 1 is 0.879 bits per heavy atom. The summed E-state index contributed by atoms with van der Waals surface area (Å²) in [6, 6.07) is 0. The first-order valence-corrected chi connectivity index (χ1v) is 12.9. The maximum atomic E-state index is 12.1. The molecule has 0 aliphatic rings. The minimum Gasteiger partial charge on any atom is -0.747 e. The first kappa shape index (κ1) is 40.3. The summed E-state index contributed by atoms with van der Waals surface area (Å²) in [7, 11) is -1.26. The molecule has 0 rings (SSSR count). The first-order valence-electron chi connectivity index (χ1n) is 11.5. The quantitative estimate of drug-likeness (QED) is 0.180. The Morgan fingerprint density at radius 3 is 1.61 bits per heavy atom. The van der Waals surface area contributed by atoms with E-state index in [1.807, 2.05) is 27.9 Å². The van der Waals surface area contributed by atoms with E-state index in [1.165, 1.54) is 0 Å². The van der Waals surface area contributed by atoms with E-state index in [2.05, 4.69) is 19.2 Å². The van der Waals surface area contributed by atoms with Crippen LogP contribution in [0.4, 0.5) is 0 Å². The number of hydrogen-bond acceptors (Lipinski definition) is 8. The fraction of sp³-hybridized carbons (Fsp3) is 0.909. The largest absolute Gasteiger partial charge is 1.00 e. The van der Waals surface area contributed by atoms with Crippen LogP contribution in [-0.2, 0) is 29.2 Å². The predicted octanol–water partition coefficient (Wildman–Crippen LogP) is 1.07. The van der Waals surface area contributed by atoms with E-state index in [0.29, 0.717) is 0 Å². The van der Waals surface area contributed by atoms with Gasteiger partial charge in [-0.05, 0) is 38.8 Å². The SMILES string of the molecule is CCCCC(CC)COC(=O)CC(C(=O)OCC(CC)CCCC)S(=O)(=O)[O-].CNC.Cl.[Na+]. The van der Waals surface area contributed by atoms with Gasteiger partial charge in [-0.1, -0.05) is 66.2 Å². The zero-order valence-electron chi connectivity index (χ0n) is 21.7. The number of unbranched alkanes of at least 4 members (excludes halogenated alkanes) is 2.